The van der Waals surface area contributed by atoms with Crippen LogP contribution in [-0.2, 0) is 5.92 Å². The van der Waals surface area contributed by atoms with Gasteiger partial charge in [-0.15, -0.1) is 11.6 Å². The molecule has 1 unspecified atom stereocenters. The van der Waals surface area contributed by atoms with Crippen LogP contribution in [0.1, 0.15) is 32.8 Å². The highest BCUT2D eigenvalue weighted by molar-refractivity contribution is 6.20. The quantitative estimate of drug-likeness (QED) is 0.765. The minimum absolute atomic E-state index is 0.0319. The van der Waals surface area contributed by atoms with E-state index in [1.165, 1.54) is 12.1 Å². The molecule has 1 nitrogen and oxygen atoms in total. The van der Waals surface area contributed by atoms with E-state index in [2.05, 4.69) is 26.1 Å². The van der Waals surface area contributed by atoms with Crippen molar-refractivity contribution in [2.24, 2.45) is 5.41 Å². The van der Waals surface area contributed by atoms with Gasteiger partial charge in [0.1, 0.15) is 0 Å². The summed E-state index contributed by atoms with van der Waals surface area (Å²) in [5.41, 5.74) is 0.139. The maximum absolute atomic E-state index is 13.8. The zero-order valence-corrected chi connectivity index (χ0v) is 12.5. The summed E-state index contributed by atoms with van der Waals surface area (Å²) in [4.78, 5) is 0. The molecule has 0 aliphatic heterocycles. The molecule has 4 heteroatoms. The number of nitrogens with one attached hydrogen (secondary N) is 1. The standard InChI is InChI=1S/C15H22ClF2N/c1-14(2,3)9-13(16)10-19-11-15(17,18)12-7-5-4-6-8-12/h4-8,13,19H,9-11H2,1-3H3. The summed E-state index contributed by atoms with van der Waals surface area (Å²) in [5, 5.41) is 2.63. The normalized spacial score (nSPS) is 14.4. The molecule has 19 heavy (non-hydrogen) atoms. The average Bonchev–Trinajstić information content (AvgIpc) is 2.27. The lowest BCUT2D eigenvalue weighted by atomic mass is 9.90. The van der Waals surface area contributed by atoms with E-state index in [0.717, 1.165) is 6.42 Å². The van der Waals surface area contributed by atoms with Gasteiger partial charge in [-0.05, 0) is 11.8 Å². The molecule has 0 amide bonds. The first kappa shape index (κ1) is 16.4. The molecule has 1 aromatic rings. The zero-order chi connectivity index (χ0) is 14.5. The van der Waals surface area contributed by atoms with Crippen LogP contribution in [0.15, 0.2) is 30.3 Å². The Labute approximate surface area is 119 Å². The van der Waals surface area contributed by atoms with Gasteiger partial charge >= 0.3 is 0 Å². The molecule has 1 N–H and O–H groups in total. The van der Waals surface area contributed by atoms with Gasteiger partial charge in [-0.2, -0.15) is 8.78 Å². The predicted octanol–water partition coefficient (Wildman–Crippen LogP) is 4.41. The topological polar surface area (TPSA) is 12.0 Å². The highest BCUT2D eigenvalue weighted by Gasteiger charge is 2.30. The predicted molar refractivity (Wildman–Crippen MR) is 76.9 cm³/mol. The van der Waals surface area contributed by atoms with Gasteiger partial charge in [-0.3, -0.25) is 0 Å². The minimum atomic E-state index is -2.86. The van der Waals surface area contributed by atoms with Gasteiger partial charge in [-0.1, -0.05) is 51.1 Å². The molecule has 0 saturated carbocycles. The smallest absolute Gasteiger partial charge is 0.285 e. The average molecular weight is 290 g/mol. The summed E-state index contributed by atoms with van der Waals surface area (Å²) in [6.45, 7) is 6.26. The Hall–Kier alpha value is -0.670. The molecule has 0 spiro atoms. The molecule has 0 radical (unpaired) electrons. The van der Waals surface area contributed by atoms with Gasteiger partial charge in [0.15, 0.2) is 0 Å². The van der Waals surface area contributed by atoms with Crippen LogP contribution in [0.3, 0.4) is 0 Å². The molecule has 108 valence electrons. The van der Waals surface area contributed by atoms with Gasteiger partial charge in [-0.25, -0.2) is 0 Å². The van der Waals surface area contributed by atoms with Crippen molar-refractivity contribution >= 4 is 11.6 Å². The van der Waals surface area contributed by atoms with Gasteiger partial charge in [0.25, 0.3) is 5.92 Å². The van der Waals surface area contributed by atoms with Crippen molar-refractivity contribution in [3.8, 4) is 0 Å². The summed E-state index contributed by atoms with van der Waals surface area (Å²) in [6, 6.07) is 7.84. The van der Waals surface area contributed by atoms with E-state index in [-0.39, 0.29) is 22.9 Å². The Morgan fingerprint density at radius 1 is 1.16 bits per heavy atom. The largest absolute Gasteiger partial charge is 0.309 e. The Morgan fingerprint density at radius 3 is 2.26 bits per heavy atom. The van der Waals surface area contributed by atoms with Crippen LogP contribution in [0.5, 0.6) is 0 Å². The Balaban J connectivity index is 2.40. The summed E-state index contributed by atoms with van der Waals surface area (Å²) in [5.74, 6) is -2.86. The maximum Gasteiger partial charge on any atom is 0.285 e. The number of hydrogen-bond acceptors (Lipinski definition) is 1. The highest BCUT2D eigenvalue weighted by Crippen LogP contribution is 2.27. The fourth-order valence-electron chi connectivity index (χ4n) is 1.91. The molecule has 0 aliphatic rings. The Morgan fingerprint density at radius 2 is 1.74 bits per heavy atom. The lowest BCUT2D eigenvalue weighted by Crippen LogP contribution is -2.35. The van der Waals surface area contributed by atoms with Crippen LogP contribution < -0.4 is 5.32 Å². The third-order valence-electron chi connectivity index (χ3n) is 2.74. The van der Waals surface area contributed by atoms with Crippen molar-refractivity contribution in [2.45, 2.75) is 38.5 Å². The fraction of sp³-hybridized carbons (Fsp3) is 0.600. The molecular formula is C15H22ClF2N. The first-order valence-electron chi connectivity index (χ1n) is 6.49. The van der Waals surface area contributed by atoms with Crippen LogP contribution in [0.4, 0.5) is 8.78 Å². The second-order valence-corrected chi connectivity index (χ2v) is 6.68. The molecule has 1 atom stereocenters. The first-order valence-corrected chi connectivity index (χ1v) is 6.92. The van der Waals surface area contributed by atoms with Crippen LogP contribution in [0, 0.1) is 5.41 Å². The highest BCUT2D eigenvalue weighted by atomic mass is 35.5. The third kappa shape index (κ3) is 6.35. The Bertz CT molecular complexity index is 373. The molecule has 0 bridgehead atoms. The van der Waals surface area contributed by atoms with E-state index in [9.17, 15) is 8.78 Å². The zero-order valence-electron chi connectivity index (χ0n) is 11.7. The van der Waals surface area contributed by atoms with Gasteiger partial charge < -0.3 is 5.32 Å². The SMILES string of the molecule is CC(C)(C)CC(Cl)CNCC(F)(F)c1ccccc1. The van der Waals surface area contributed by atoms with E-state index in [4.69, 9.17) is 11.6 Å². The van der Waals surface area contributed by atoms with Gasteiger partial charge in [0.2, 0.25) is 0 Å². The summed E-state index contributed by atoms with van der Waals surface area (Å²) < 4.78 is 27.7. The van der Waals surface area contributed by atoms with Gasteiger partial charge in [0.05, 0.1) is 6.54 Å². The lowest BCUT2D eigenvalue weighted by molar-refractivity contribution is -0.00302. The molecule has 0 heterocycles. The number of benzene rings is 1. The maximum atomic E-state index is 13.8. The molecular weight excluding hydrogens is 268 g/mol. The van der Waals surface area contributed by atoms with Crippen molar-refractivity contribution in [1.82, 2.24) is 5.32 Å². The summed E-state index contributed by atoms with van der Waals surface area (Å²) in [7, 11) is 0. The molecule has 0 aliphatic carbocycles. The minimum Gasteiger partial charge on any atom is -0.309 e. The van der Waals surface area contributed by atoms with Crippen LogP contribution in [0.25, 0.3) is 0 Å². The first-order chi connectivity index (χ1) is 8.71. The van der Waals surface area contributed by atoms with Crippen molar-refractivity contribution in [3.05, 3.63) is 35.9 Å². The van der Waals surface area contributed by atoms with Crippen LogP contribution >= 0.6 is 11.6 Å². The van der Waals surface area contributed by atoms with Crippen molar-refractivity contribution < 1.29 is 8.78 Å². The van der Waals surface area contributed by atoms with E-state index >= 15 is 0 Å². The Kier molecular flexibility index (Phi) is 5.75. The van der Waals surface area contributed by atoms with E-state index in [0.29, 0.717) is 6.54 Å². The van der Waals surface area contributed by atoms with E-state index < -0.39 is 5.92 Å². The summed E-state index contributed by atoms with van der Waals surface area (Å²) >= 11 is 6.13. The van der Waals surface area contributed by atoms with Crippen molar-refractivity contribution in [3.63, 3.8) is 0 Å². The molecule has 0 aromatic heterocycles. The van der Waals surface area contributed by atoms with E-state index in [1.807, 2.05) is 0 Å². The number of rotatable bonds is 6. The number of hydrogen-bond donors (Lipinski definition) is 1. The molecule has 0 saturated heterocycles. The third-order valence-corrected chi connectivity index (χ3v) is 3.05. The number of alkyl halides is 3. The molecule has 0 fully saturated rings. The summed E-state index contributed by atoms with van der Waals surface area (Å²) in [6.07, 6.45) is 0.790. The number of halogens is 3. The molecule has 1 rings (SSSR count). The molecule has 1 aromatic carbocycles. The van der Waals surface area contributed by atoms with Crippen molar-refractivity contribution in [1.29, 1.82) is 0 Å². The lowest BCUT2D eigenvalue weighted by Gasteiger charge is -2.23. The van der Waals surface area contributed by atoms with Crippen LogP contribution in [-0.4, -0.2) is 18.5 Å². The van der Waals surface area contributed by atoms with Crippen molar-refractivity contribution in [2.75, 3.05) is 13.1 Å². The van der Waals surface area contributed by atoms with E-state index in [1.54, 1.807) is 18.2 Å². The fourth-order valence-corrected chi connectivity index (χ4v) is 2.48. The second-order valence-electron chi connectivity index (χ2n) is 6.06. The second kappa shape index (κ2) is 6.67. The van der Waals surface area contributed by atoms with Crippen LogP contribution in [0.2, 0.25) is 0 Å². The van der Waals surface area contributed by atoms with Gasteiger partial charge in [0, 0.05) is 17.5 Å². The monoisotopic (exact) mass is 289 g/mol.